The number of nitrogens with zero attached hydrogens (tertiary/aromatic N) is 2. The molecule has 0 bridgehead atoms. The molecule has 1 N–H and O–H groups in total. The summed E-state index contributed by atoms with van der Waals surface area (Å²) in [6.45, 7) is 4.91. The smallest absolute Gasteiger partial charge is 0.164 e. The van der Waals surface area contributed by atoms with Crippen LogP contribution >= 0.6 is 39.1 Å². The van der Waals surface area contributed by atoms with E-state index in [2.05, 4.69) is 38.1 Å². The Balaban J connectivity index is 2.63. The molecule has 1 heterocycles. The van der Waals surface area contributed by atoms with Crippen LogP contribution in [-0.4, -0.2) is 16.5 Å². The van der Waals surface area contributed by atoms with Crippen molar-refractivity contribution in [1.29, 1.82) is 0 Å². The molecule has 0 saturated carbocycles. The summed E-state index contributed by atoms with van der Waals surface area (Å²) >= 11 is 16.1. The predicted octanol–water partition coefficient (Wildman–Crippen LogP) is 5.60. The van der Waals surface area contributed by atoms with Gasteiger partial charge in [0, 0.05) is 6.54 Å². The zero-order valence-corrected chi connectivity index (χ0v) is 15.0. The van der Waals surface area contributed by atoms with Crippen LogP contribution in [0, 0.1) is 0 Å². The van der Waals surface area contributed by atoms with E-state index in [9.17, 15) is 0 Å². The molecule has 0 saturated heterocycles. The summed E-state index contributed by atoms with van der Waals surface area (Å²) in [6, 6.07) is 5.40. The molecule has 0 unspecified atom stereocenters. The molecule has 0 spiro atoms. The lowest BCUT2D eigenvalue weighted by Crippen LogP contribution is -2.06. The van der Waals surface area contributed by atoms with E-state index in [1.807, 2.05) is 13.0 Å². The van der Waals surface area contributed by atoms with Crippen LogP contribution in [0.2, 0.25) is 10.0 Å². The first-order valence-corrected chi connectivity index (χ1v) is 8.38. The highest BCUT2D eigenvalue weighted by molar-refractivity contribution is 9.10. The molecule has 112 valence electrons. The minimum atomic E-state index is 0.549. The third-order valence-corrected chi connectivity index (χ3v) is 4.40. The number of hydrogen-bond acceptors (Lipinski definition) is 3. The van der Waals surface area contributed by atoms with E-state index in [1.54, 1.807) is 12.1 Å². The van der Waals surface area contributed by atoms with Gasteiger partial charge in [-0.15, -0.1) is 0 Å². The van der Waals surface area contributed by atoms with Crippen LogP contribution in [-0.2, 0) is 6.42 Å². The third kappa shape index (κ3) is 3.68. The summed E-state index contributed by atoms with van der Waals surface area (Å²) in [5, 5.41) is 4.34. The SMILES string of the molecule is CCCc1nc(-c2c(Cl)cccc2Cl)nc(NCC)c1Br. The Labute approximate surface area is 143 Å². The molecule has 0 amide bonds. The fourth-order valence-corrected chi connectivity index (χ4v) is 3.09. The zero-order valence-electron chi connectivity index (χ0n) is 11.9. The molecule has 1 aromatic heterocycles. The van der Waals surface area contributed by atoms with E-state index < -0.39 is 0 Å². The minimum absolute atomic E-state index is 0.549. The van der Waals surface area contributed by atoms with Gasteiger partial charge in [0.15, 0.2) is 5.82 Å². The van der Waals surface area contributed by atoms with E-state index >= 15 is 0 Å². The molecular weight excluding hydrogens is 373 g/mol. The number of nitrogens with one attached hydrogen (secondary N) is 1. The van der Waals surface area contributed by atoms with Crippen LogP contribution in [0.15, 0.2) is 22.7 Å². The van der Waals surface area contributed by atoms with Gasteiger partial charge in [0.05, 0.1) is 25.8 Å². The summed E-state index contributed by atoms with van der Waals surface area (Å²) in [5.74, 6) is 1.31. The van der Waals surface area contributed by atoms with E-state index in [0.717, 1.165) is 35.4 Å². The number of aryl methyl sites for hydroxylation is 1. The second-order valence-electron chi connectivity index (χ2n) is 4.53. The van der Waals surface area contributed by atoms with Crippen molar-refractivity contribution in [2.24, 2.45) is 0 Å². The van der Waals surface area contributed by atoms with Gasteiger partial charge >= 0.3 is 0 Å². The Hall–Kier alpha value is -0.840. The number of hydrogen-bond donors (Lipinski definition) is 1. The molecule has 0 fully saturated rings. The number of anilines is 1. The van der Waals surface area contributed by atoms with Gasteiger partial charge < -0.3 is 5.32 Å². The second kappa shape index (κ2) is 7.43. The van der Waals surface area contributed by atoms with Crippen LogP contribution in [0.5, 0.6) is 0 Å². The lowest BCUT2D eigenvalue weighted by atomic mass is 10.2. The van der Waals surface area contributed by atoms with Gasteiger partial charge in [-0.1, -0.05) is 42.6 Å². The summed E-state index contributed by atoms with van der Waals surface area (Å²) in [4.78, 5) is 9.19. The van der Waals surface area contributed by atoms with Crippen LogP contribution in [0.25, 0.3) is 11.4 Å². The van der Waals surface area contributed by atoms with Crippen molar-refractivity contribution < 1.29 is 0 Å². The molecule has 3 nitrogen and oxygen atoms in total. The topological polar surface area (TPSA) is 37.8 Å². The van der Waals surface area contributed by atoms with Crippen LogP contribution in [0.3, 0.4) is 0 Å². The first kappa shape index (κ1) is 16.5. The van der Waals surface area contributed by atoms with Gasteiger partial charge in [0.1, 0.15) is 5.82 Å². The fraction of sp³-hybridized carbons (Fsp3) is 0.333. The molecule has 0 atom stereocenters. The summed E-state index contributed by atoms with van der Waals surface area (Å²) in [7, 11) is 0. The van der Waals surface area contributed by atoms with Crippen molar-refractivity contribution in [3.63, 3.8) is 0 Å². The quantitative estimate of drug-likeness (QED) is 0.724. The molecular formula is C15H16BrCl2N3. The number of benzene rings is 1. The van der Waals surface area contributed by atoms with Gasteiger partial charge in [-0.25, -0.2) is 9.97 Å². The van der Waals surface area contributed by atoms with Crippen molar-refractivity contribution in [3.8, 4) is 11.4 Å². The highest BCUT2D eigenvalue weighted by Crippen LogP contribution is 2.35. The lowest BCUT2D eigenvalue weighted by molar-refractivity contribution is 0.867. The number of rotatable bonds is 5. The first-order valence-electron chi connectivity index (χ1n) is 6.83. The molecule has 0 aliphatic rings. The average molecular weight is 389 g/mol. The normalized spacial score (nSPS) is 10.7. The number of halogens is 3. The van der Waals surface area contributed by atoms with E-state index in [-0.39, 0.29) is 0 Å². The van der Waals surface area contributed by atoms with Gasteiger partial charge in [-0.2, -0.15) is 0 Å². The molecule has 2 aromatic rings. The van der Waals surface area contributed by atoms with Crippen LogP contribution in [0.4, 0.5) is 5.82 Å². The van der Waals surface area contributed by atoms with Crippen LogP contribution < -0.4 is 5.32 Å². The molecule has 0 aliphatic heterocycles. The van der Waals surface area contributed by atoms with Crippen molar-refractivity contribution in [2.75, 3.05) is 11.9 Å². The van der Waals surface area contributed by atoms with Gasteiger partial charge in [-0.3, -0.25) is 0 Å². The molecule has 0 radical (unpaired) electrons. The molecule has 1 aromatic carbocycles. The first-order chi connectivity index (χ1) is 10.1. The maximum Gasteiger partial charge on any atom is 0.164 e. The standard InChI is InChI=1S/C15H16BrCl2N3/c1-3-6-11-13(16)15(19-4-2)21-14(20-11)12-9(17)7-5-8-10(12)18/h5,7-8H,3-4,6H2,1-2H3,(H,19,20,21). The monoisotopic (exact) mass is 387 g/mol. The summed E-state index contributed by atoms with van der Waals surface area (Å²) in [5.41, 5.74) is 1.62. The lowest BCUT2D eigenvalue weighted by Gasteiger charge is -2.13. The zero-order chi connectivity index (χ0) is 15.4. The Kier molecular flexibility index (Phi) is 5.85. The summed E-state index contributed by atoms with van der Waals surface area (Å²) in [6.07, 6.45) is 1.85. The van der Waals surface area contributed by atoms with Crippen LogP contribution in [0.1, 0.15) is 26.0 Å². The Bertz CT molecular complexity index is 600. The molecule has 21 heavy (non-hydrogen) atoms. The number of aromatic nitrogens is 2. The Morgan fingerprint density at radius 2 is 1.81 bits per heavy atom. The Morgan fingerprint density at radius 3 is 2.38 bits per heavy atom. The third-order valence-electron chi connectivity index (χ3n) is 2.94. The highest BCUT2D eigenvalue weighted by Gasteiger charge is 2.16. The highest BCUT2D eigenvalue weighted by atomic mass is 79.9. The molecule has 6 heteroatoms. The average Bonchev–Trinajstić information content (AvgIpc) is 2.44. The minimum Gasteiger partial charge on any atom is -0.369 e. The Morgan fingerprint density at radius 1 is 1.14 bits per heavy atom. The van der Waals surface area contributed by atoms with Crippen molar-refractivity contribution >= 4 is 44.9 Å². The van der Waals surface area contributed by atoms with Gasteiger partial charge in [0.2, 0.25) is 0 Å². The fourth-order valence-electron chi connectivity index (χ4n) is 2.00. The predicted molar refractivity (Wildman–Crippen MR) is 93.3 cm³/mol. The van der Waals surface area contributed by atoms with Crippen molar-refractivity contribution in [1.82, 2.24) is 9.97 Å². The molecule has 2 rings (SSSR count). The van der Waals surface area contributed by atoms with E-state index in [4.69, 9.17) is 23.2 Å². The van der Waals surface area contributed by atoms with Gasteiger partial charge in [-0.05, 0) is 41.4 Å². The maximum atomic E-state index is 6.27. The van der Waals surface area contributed by atoms with Crippen molar-refractivity contribution in [3.05, 3.63) is 38.4 Å². The van der Waals surface area contributed by atoms with E-state index in [0.29, 0.717) is 21.4 Å². The van der Waals surface area contributed by atoms with E-state index in [1.165, 1.54) is 0 Å². The van der Waals surface area contributed by atoms with Crippen molar-refractivity contribution in [2.45, 2.75) is 26.7 Å². The summed E-state index contributed by atoms with van der Waals surface area (Å²) < 4.78 is 0.901. The largest absolute Gasteiger partial charge is 0.369 e. The second-order valence-corrected chi connectivity index (χ2v) is 6.14. The molecule has 0 aliphatic carbocycles. The van der Waals surface area contributed by atoms with Gasteiger partial charge in [0.25, 0.3) is 0 Å². The maximum absolute atomic E-state index is 6.27.